The van der Waals surface area contributed by atoms with E-state index < -0.39 is 10.0 Å². The van der Waals surface area contributed by atoms with E-state index in [0.717, 1.165) is 5.69 Å². The fraction of sp³-hybridized carbons (Fsp3) is 0.150. The minimum atomic E-state index is -3.53. The van der Waals surface area contributed by atoms with Crippen molar-refractivity contribution in [3.05, 3.63) is 84.7 Å². The van der Waals surface area contributed by atoms with Gasteiger partial charge in [0.15, 0.2) is 0 Å². The molecular weight excluding hydrogens is 348 g/mol. The Morgan fingerprint density at radius 1 is 0.885 bits per heavy atom. The van der Waals surface area contributed by atoms with E-state index in [4.69, 9.17) is 4.74 Å². The molecule has 132 valence electrons. The van der Waals surface area contributed by atoms with Crippen molar-refractivity contribution in [2.45, 2.75) is 10.8 Å². The van der Waals surface area contributed by atoms with Crippen molar-refractivity contribution in [1.29, 1.82) is 0 Å². The molecule has 0 bridgehead atoms. The van der Waals surface area contributed by atoms with Gasteiger partial charge in [0.1, 0.15) is 11.5 Å². The summed E-state index contributed by atoms with van der Waals surface area (Å²) in [7, 11) is -3.53. The molecule has 1 aliphatic heterocycles. The Bertz CT molecular complexity index is 986. The molecule has 1 saturated heterocycles. The fourth-order valence-electron chi connectivity index (χ4n) is 2.91. The van der Waals surface area contributed by atoms with Crippen LogP contribution in [0.15, 0.2) is 83.9 Å². The van der Waals surface area contributed by atoms with Crippen LogP contribution in [-0.2, 0) is 10.0 Å². The molecule has 3 aromatic rings. The molecule has 0 aliphatic carbocycles. The van der Waals surface area contributed by atoms with Gasteiger partial charge in [0, 0.05) is 37.0 Å². The Labute approximate surface area is 152 Å². The van der Waals surface area contributed by atoms with E-state index in [-0.39, 0.29) is 10.8 Å². The van der Waals surface area contributed by atoms with Crippen molar-refractivity contribution >= 4 is 10.0 Å². The largest absolute Gasteiger partial charge is 0.457 e. The van der Waals surface area contributed by atoms with Crippen LogP contribution in [0.4, 0.5) is 0 Å². The van der Waals surface area contributed by atoms with Gasteiger partial charge in [-0.15, -0.1) is 0 Å². The molecular formula is C20H18N2O3S. The Kier molecular flexibility index (Phi) is 4.44. The van der Waals surface area contributed by atoms with Crippen molar-refractivity contribution in [2.24, 2.45) is 0 Å². The summed E-state index contributed by atoms with van der Waals surface area (Å²) in [6.45, 7) is 0.895. The van der Waals surface area contributed by atoms with Gasteiger partial charge in [0.2, 0.25) is 10.0 Å². The summed E-state index contributed by atoms with van der Waals surface area (Å²) in [6, 6.07) is 21.6. The van der Waals surface area contributed by atoms with E-state index in [9.17, 15) is 8.42 Å². The second kappa shape index (κ2) is 6.90. The molecule has 0 N–H and O–H groups in total. The summed E-state index contributed by atoms with van der Waals surface area (Å²) in [4.78, 5) is 4.55. The normalized spacial score (nSPS) is 15.4. The maximum absolute atomic E-state index is 12.8. The Balaban J connectivity index is 1.49. The molecule has 1 aliphatic rings. The zero-order valence-corrected chi connectivity index (χ0v) is 14.8. The lowest BCUT2D eigenvalue weighted by molar-refractivity contribution is 0.260. The quantitative estimate of drug-likeness (QED) is 0.691. The number of nitrogens with zero attached hydrogens (tertiary/aromatic N) is 2. The van der Waals surface area contributed by atoms with Crippen molar-refractivity contribution in [3.8, 4) is 11.5 Å². The zero-order valence-electron chi connectivity index (χ0n) is 14.0. The zero-order chi connectivity index (χ0) is 18.0. The van der Waals surface area contributed by atoms with Gasteiger partial charge in [-0.3, -0.25) is 4.98 Å². The lowest BCUT2D eigenvalue weighted by Crippen LogP contribution is -2.48. The topological polar surface area (TPSA) is 59.5 Å². The number of pyridine rings is 1. The highest BCUT2D eigenvalue weighted by molar-refractivity contribution is 7.89. The van der Waals surface area contributed by atoms with Crippen LogP contribution in [0.1, 0.15) is 11.6 Å². The van der Waals surface area contributed by atoms with E-state index >= 15 is 0 Å². The number of para-hydroxylation sites is 1. The maximum atomic E-state index is 12.8. The maximum Gasteiger partial charge on any atom is 0.243 e. The molecule has 0 saturated carbocycles. The molecule has 0 unspecified atom stereocenters. The van der Waals surface area contributed by atoms with Crippen LogP contribution < -0.4 is 4.74 Å². The van der Waals surface area contributed by atoms with Crippen LogP contribution in [-0.4, -0.2) is 30.8 Å². The van der Waals surface area contributed by atoms with Gasteiger partial charge in [-0.25, -0.2) is 8.42 Å². The molecule has 1 aromatic heterocycles. The van der Waals surface area contributed by atoms with Crippen LogP contribution >= 0.6 is 0 Å². The smallest absolute Gasteiger partial charge is 0.243 e. The minimum absolute atomic E-state index is 0.148. The number of aromatic nitrogens is 1. The Morgan fingerprint density at radius 2 is 1.62 bits per heavy atom. The molecule has 6 heteroatoms. The molecule has 2 heterocycles. The Morgan fingerprint density at radius 3 is 2.35 bits per heavy atom. The van der Waals surface area contributed by atoms with Gasteiger partial charge in [0.05, 0.1) is 4.90 Å². The molecule has 0 spiro atoms. The standard InChI is InChI=1S/C20H18N2O3S/c23-26(24,22-14-16(15-22)20-11-4-5-12-21-20)19-10-6-9-18(13-19)25-17-7-2-1-3-8-17/h1-13,16H,14-15H2. The van der Waals surface area contributed by atoms with Crippen LogP contribution in [0.5, 0.6) is 11.5 Å². The summed E-state index contributed by atoms with van der Waals surface area (Å²) >= 11 is 0. The number of hydrogen-bond acceptors (Lipinski definition) is 4. The van der Waals surface area contributed by atoms with Gasteiger partial charge >= 0.3 is 0 Å². The number of sulfonamides is 1. The second-order valence-corrected chi connectivity index (χ2v) is 8.10. The van der Waals surface area contributed by atoms with Gasteiger partial charge in [-0.05, 0) is 36.4 Å². The van der Waals surface area contributed by atoms with Crippen molar-refractivity contribution in [1.82, 2.24) is 9.29 Å². The lowest BCUT2D eigenvalue weighted by Gasteiger charge is -2.37. The van der Waals surface area contributed by atoms with Crippen molar-refractivity contribution < 1.29 is 13.2 Å². The molecule has 1 fully saturated rings. The number of ether oxygens (including phenoxy) is 1. The predicted molar refractivity (Wildman–Crippen MR) is 98.7 cm³/mol. The summed E-state index contributed by atoms with van der Waals surface area (Å²) in [6.07, 6.45) is 1.73. The molecule has 4 rings (SSSR count). The first-order valence-corrected chi connectivity index (χ1v) is 9.81. The third kappa shape index (κ3) is 3.34. The molecule has 0 amide bonds. The molecule has 5 nitrogen and oxygen atoms in total. The summed E-state index contributed by atoms with van der Waals surface area (Å²) in [5.74, 6) is 1.31. The average Bonchev–Trinajstić information content (AvgIpc) is 2.62. The van der Waals surface area contributed by atoms with Crippen LogP contribution in [0.2, 0.25) is 0 Å². The summed E-state index contributed by atoms with van der Waals surface area (Å²) < 4.78 is 32.9. The molecule has 0 radical (unpaired) electrons. The van der Waals surface area contributed by atoms with Crippen LogP contribution in [0.3, 0.4) is 0 Å². The van der Waals surface area contributed by atoms with Crippen LogP contribution in [0.25, 0.3) is 0 Å². The van der Waals surface area contributed by atoms with Crippen molar-refractivity contribution in [3.63, 3.8) is 0 Å². The monoisotopic (exact) mass is 366 g/mol. The first-order chi connectivity index (χ1) is 12.6. The minimum Gasteiger partial charge on any atom is -0.457 e. The van der Waals surface area contributed by atoms with E-state index in [1.165, 1.54) is 4.31 Å². The van der Waals surface area contributed by atoms with Gasteiger partial charge < -0.3 is 4.74 Å². The predicted octanol–water partition coefficient (Wildman–Crippen LogP) is 3.66. The van der Waals surface area contributed by atoms with Gasteiger partial charge in [-0.2, -0.15) is 4.31 Å². The summed E-state index contributed by atoms with van der Waals surface area (Å²) in [5.41, 5.74) is 0.931. The number of benzene rings is 2. The van der Waals surface area contributed by atoms with E-state index in [1.54, 1.807) is 30.5 Å². The Hall–Kier alpha value is -2.70. The molecule has 26 heavy (non-hydrogen) atoms. The molecule has 2 aromatic carbocycles. The average molecular weight is 366 g/mol. The third-order valence-corrected chi connectivity index (χ3v) is 6.20. The van der Waals surface area contributed by atoms with E-state index in [2.05, 4.69) is 4.98 Å². The number of rotatable bonds is 5. The van der Waals surface area contributed by atoms with E-state index in [0.29, 0.717) is 24.6 Å². The number of hydrogen-bond donors (Lipinski definition) is 0. The first-order valence-electron chi connectivity index (χ1n) is 8.37. The van der Waals surface area contributed by atoms with Crippen molar-refractivity contribution in [2.75, 3.05) is 13.1 Å². The van der Waals surface area contributed by atoms with Gasteiger partial charge in [-0.1, -0.05) is 30.3 Å². The third-order valence-electron chi connectivity index (χ3n) is 4.38. The lowest BCUT2D eigenvalue weighted by atomic mass is 9.99. The SMILES string of the molecule is O=S(=O)(c1cccc(Oc2ccccc2)c1)N1CC(c2ccccn2)C1. The van der Waals surface area contributed by atoms with E-state index in [1.807, 2.05) is 48.5 Å². The highest BCUT2D eigenvalue weighted by atomic mass is 32.2. The van der Waals surface area contributed by atoms with Crippen LogP contribution in [0, 0.1) is 0 Å². The highest BCUT2D eigenvalue weighted by Gasteiger charge is 2.38. The first kappa shape index (κ1) is 16.8. The van der Waals surface area contributed by atoms with Gasteiger partial charge in [0.25, 0.3) is 0 Å². The molecule has 0 atom stereocenters. The second-order valence-electron chi connectivity index (χ2n) is 6.16. The fourth-order valence-corrected chi connectivity index (χ4v) is 4.48. The highest BCUT2D eigenvalue weighted by Crippen LogP contribution is 2.32. The summed E-state index contributed by atoms with van der Waals surface area (Å²) in [5, 5.41) is 0.